The van der Waals surface area contributed by atoms with Gasteiger partial charge in [0, 0.05) is 30.2 Å². The highest BCUT2D eigenvalue weighted by atomic mass is 16.1. The van der Waals surface area contributed by atoms with Crippen LogP contribution in [0.1, 0.15) is 61.4 Å². The Labute approximate surface area is 171 Å². The molecule has 2 aliphatic rings. The van der Waals surface area contributed by atoms with Crippen LogP contribution in [-0.4, -0.2) is 20.8 Å². The van der Waals surface area contributed by atoms with E-state index in [0.29, 0.717) is 6.04 Å². The van der Waals surface area contributed by atoms with E-state index in [2.05, 4.69) is 34.6 Å². The minimum atomic E-state index is 0.0883. The van der Waals surface area contributed by atoms with Gasteiger partial charge in [-0.3, -0.25) is 9.78 Å². The van der Waals surface area contributed by atoms with Crippen LogP contribution in [-0.2, 0) is 19.4 Å². The van der Waals surface area contributed by atoms with E-state index in [1.807, 2.05) is 18.3 Å². The minimum Gasteiger partial charge on any atom is -0.310 e. The van der Waals surface area contributed by atoms with E-state index in [-0.39, 0.29) is 11.6 Å². The fourth-order valence-corrected chi connectivity index (χ4v) is 4.93. The maximum atomic E-state index is 12.6. The van der Waals surface area contributed by atoms with Gasteiger partial charge in [0.05, 0.1) is 17.3 Å². The van der Waals surface area contributed by atoms with Gasteiger partial charge in [0.1, 0.15) is 0 Å². The van der Waals surface area contributed by atoms with Crippen molar-refractivity contribution >= 4 is 10.9 Å². The SMILES string of the molecule is O=c1cc2c(nn1C1CCC(NCc3ccnc4ccccc34)CC1)CCCC2. The molecular weight excluding hydrogens is 360 g/mol. The van der Waals surface area contributed by atoms with Crippen LogP contribution >= 0.6 is 0 Å². The van der Waals surface area contributed by atoms with Crippen LogP contribution < -0.4 is 10.9 Å². The first-order chi connectivity index (χ1) is 14.3. The molecule has 5 heteroatoms. The zero-order chi connectivity index (χ0) is 19.6. The maximum absolute atomic E-state index is 12.6. The predicted molar refractivity (Wildman–Crippen MR) is 115 cm³/mol. The molecule has 2 heterocycles. The number of nitrogens with one attached hydrogen (secondary N) is 1. The number of hydrogen-bond donors (Lipinski definition) is 1. The fraction of sp³-hybridized carbons (Fsp3) is 0.458. The number of fused-ring (bicyclic) bond motifs is 2. The third kappa shape index (κ3) is 3.84. The highest BCUT2D eigenvalue weighted by Gasteiger charge is 2.25. The van der Waals surface area contributed by atoms with Gasteiger partial charge in [0.25, 0.3) is 5.56 Å². The van der Waals surface area contributed by atoms with Gasteiger partial charge in [-0.15, -0.1) is 0 Å². The molecule has 1 saturated carbocycles. The highest BCUT2D eigenvalue weighted by molar-refractivity contribution is 5.81. The molecule has 1 aromatic carbocycles. The van der Waals surface area contributed by atoms with Gasteiger partial charge >= 0.3 is 0 Å². The molecule has 0 atom stereocenters. The molecule has 0 amide bonds. The highest BCUT2D eigenvalue weighted by Crippen LogP contribution is 2.28. The Morgan fingerprint density at radius 3 is 2.76 bits per heavy atom. The van der Waals surface area contributed by atoms with Gasteiger partial charge < -0.3 is 5.32 Å². The normalized spacial score (nSPS) is 21.8. The second-order valence-electron chi connectivity index (χ2n) is 8.48. The summed E-state index contributed by atoms with van der Waals surface area (Å²) in [5.41, 5.74) is 4.77. The molecule has 2 aliphatic carbocycles. The van der Waals surface area contributed by atoms with Crippen molar-refractivity contribution in [3.05, 3.63) is 69.8 Å². The zero-order valence-electron chi connectivity index (χ0n) is 16.8. The zero-order valence-corrected chi connectivity index (χ0v) is 16.8. The smallest absolute Gasteiger partial charge is 0.267 e. The van der Waals surface area contributed by atoms with Gasteiger partial charge in [0.2, 0.25) is 0 Å². The average molecular weight is 389 g/mol. The molecule has 1 fully saturated rings. The summed E-state index contributed by atoms with van der Waals surface area (Å²) in [7, 11) is 0. The summed E-state index contributed by atoms with van der Waals surface area (Å²) in [6.45, 7) is 0.857. The van der Waals surface area contributed by atoms with Crippen LogP contribution in [0.25, 0.3) is 10.9 Å². The van der Waals surface area contributed by atoms with Crippen molar-refractivity contribution in [1.82, 2.24) is 20.1 Å². The van der Waals surface area contributed by atoms with Crippen molar-refractivity contribution in [2.45, 2.75) is 70.0 Å². The second kappa shape index (κ2) is 8.07. The Morgan fingerprint density at radius 2 is 1.86 bits per heavy atom. The molecule has 2 aromatic heterocycles. The van der Waals surface area contributed by atoms with Crippen molar-refractivity contribution in [1.29, 1.82) is 0 Å². The summed E-state index contributed by atoms with van der Waals surface area (Å²) in [5, 5.41) is 9.72. The number of pyridine rings is 1. The summed E-state index contributed by atoms with van der Waals surface area (Å²) in [6, 6.07) is 13.0. The average Bonchev–Trinajstić information content (AvgIpc) is 2.77. The molecule has 5 rings (SSSR count). The van der Waals surface area contributed by atoms with Crippen molar-refractivity contribution in [2.24, 2.45) is 0 Å². The van der Waals surface area contributed by atoms with Gasteiger partial charge in [0.15, 0.2) is 0 Å². The van der Waals surface area contributed by atoms with Crippen LogP contribution in [0.2, 0.25) is 0 Å². The lowest BCUT2D eigenvalue weighted by molar-refractivity contribution is 0.266. The molecule has 150 valence electrons. The fourth-order valence-electron chi connectivity index (χ4n) is 4.93. The first kappa shape index (κ1) is 18.5. The summed E-state index contributed by atoms with van der Waals surface area (Å²) < 4.78 is 1.79. The molecule has 0 saturated heterocycles. The largest absolute Gasteiger partial charge is 0.310 e. The Hall–Kier alpha value is -2.53. The molecule has 0 radical (unpaired) electrons. The van der Waals surface area contributed by atoms with Crippen molar-refractivity contribution in [3.63, 3.8) is 0 Å². The molecule has 1 N–H and O–H groups in total. The second-order valence-corrected chi connectivity index (χ2v) is 8.48. The van der Waals surface area contributed by atoms with Crippen LogP contribution in [0.5, 0.6) is 0 Å². The van der Waals surface area contributed by atoms with E-state index in [4.69, 9.17) is 5.10 Å². The molecular formula is C24H28N4O. The molecule has 0 spiro atoms. The summed E-state index contributed by atoms with van der Waals surface area (Å²) in [6.07, 6.45) is 10.5. The number of para-hydroxylation sites is 1. The van der Waals surface area contributed by atoms with E-state index >= 15 is 0 Å². The number of aryl methyl sites for hydroxylation is 2. The van der Waals surface area contributed by atoms with Crippen LogP contribution in [0, 0.1) is 0 Å². The lowest BCUT2D eigenvalue weighted by Crippen LogP contribution is -2.37. The number of nitrogens with zero attached hydrogens (tertiary/aromatic N) is 3. The molecule has 0 unspecified atom stereocenters. The van der Waals surface area contributed by atoms with E-state index in [1.54, 1.807) is 4.68 Å². The third-order valence-electron chi connectivity index (χ3n) is 6.60. The monoisotopic (exact) mass is 388 g/mol. The van der Waals surface area contributed by atoms with Gasteiger partial charge in [-0.05, 0) is 74.6 Å². The quantitative estimate of drug-likeness (QED) is 0.735. The Balaban J connectivity index is 1.22. The van der Waals surface area contributed by atoms with E-state index in [9.17, 15) is 4.79 Å². The lowest BCUT2D eigenvalue weighted by atomic mass is 9.90. The van der Waals surface area contributed by atoms with Crippen LogP contribution in [0.3, 0.4) is 0 Å². The first-order valence-corrected chi connectivity index (χ1v) is 11.0. The van der Waals surface area contributed by atoms with Crippen molar-refractivity contribution in [3.8, 4) is 0 Å². The topological polar surface area (TPSA) is 59.8 Å². The summed E-state index contributed by atoms with van der Waals surface area (Å²) >= 11 is 0. The van der Waals surface area contributed by atoms with Crippen molar-refractivity contribution in [2.75, 3.05) is 0 Å². The molecule has 5 nitrogen and oxygen atoms in total. The summed E-state index contributed by atoms with van der Waals surface area (Å²) in [5.74, 6) is 0. The molecule has 0 aliphatic heterocycles. The molecule has 0 bridgehead atoms. The van der Waals surface area contributed by atoms with Gasteiger partial charge in [-0.25, -0.2) is 4.68 Å². The number of aromatic nitrogens is 3. The Morgan fingerprint density at radius 1 is 1.03 bits per heavy atom. The number of rotatable bonds is 4. The number of hydrogen-bond acceptors (Lipinski definition) is 4. The Kier molecular flexibility index (Phi) is 5.15. The van der Waals surface area contributed by atoms with Gasteiger partial charge in [-0.2, -0.15) is 5.10 Å². The lowest BCUT2D eigenvalue weighted by Gasteiger charge is -2.30. The Bertz CT molecular complexity index is 1060. The third-order valence-corrected chi connectivity index (χ3v) is 6.60. The van der Waals surface area contributed by atoms with Crippen LogP contribution in [0.15, 0.2) is 47.4 Å². The number of benzene rings is 1. The standard InChI is InChI=1S/C24H28N4O/c29-24-15-17-5-1-3-7-22(17)27-28(24)20-11-9-19(10-12-20)26-16-18-13-14-25-23-8-4-2-6-21(18)23/h2,4,6,8,13-15,19-20,26H,1,3,5,7,9-12,16H2. The van der Waals surface area contributed by atoms with E-state index in [0.717, 1.165) is 56.3 Å². The van der Waals surface area contributed by atoms with Crippen molar-refractivity contribution < 1.29 is 0 Å². The summed E-state index contributed by atoms with van der Waals surface area (Å²) in [4.78, 5) is 17.0. The van der Waals surface area contributed by atoms with Gasteiger partial charge in [-0.1, -0.05) is 18.2 Å². The predicted octanol–water partition coefficient (Wildman–Crippen LogP) is 3.94. The molecule has 3 aromatic rings. The van der Waals surface area contributed by atoms with E-state index < -0.39 is 0 Å². The first-order valence-electron chi connectivity index (χ1n) is 11.0. The van der Waals surface area contributed by atoms with Crippen LogP contribution in [0.4, 0.5) is 0 Å². The maximum Gasteiger partial charge on any atom is 0.267 e. The van der Waals surface area contributed by atoms with E-state index in [1.165, 1.54) is 29.4 Å². The molecule has 29 heavy (non-hydrogen) atoms. The minimum absolute atomic E-state index is 0.0883.